The highest BCUT2D eigenvalue weighted by atomic mass is 16.7. The molecule has 0 aromatic carbocycles. The minimum absolute atomic E-state index is 0.107. The van der Waals surface area contributed by atoms with E-state index in [1.807, 2.05) is 13.8 Å². The minimum Gasteiger partial charge on any atom is -0.394 e. The smallest absolute Gasteiger partial charge is 0.187 e. The standard InChI is InChI=1S/C10H20O6/c1-5(2)15-10-9(14-3)8(13)7(12)6(4-11)16-10/h5-13H,4H2,1-3H3. The van der Waals surface area contributed by atoms with Crippen molar-refractivity contribution in [2.45, 2.75) is 50.7 Å². The van der Waals surface area contributed by atoms with E-state index in [-0.39, 0.29) is 12.7 Å². The van der Waals surface area contributed by atoms with Crippen molar-refractivity contribution in [1.82, 2.24) is 0 Å². The Bertz CT molecular complexity index is 209. The molecular weight excluding hydrogens is 216 g/mol. The number of ether oxygens (including phenoxy) is 3. The van der Waals surface area contributed by atoms with Crippen molar-refractivity contribution in [2.24, 2.45) is 0 Å². The van der Waals surface area contributed by atoms with Gasteiger partial charge in [0.1, 0.15) is 24.4 Å². The molecule has 1 saturated heterocycles. The van der Waals surface area contributed by atoms with Gasteiger partial charge < -0.3 is 29.5 Å². The predicted molar refractivity (Wildman–Crippen MR) is 54.8 cm³/mol. The molecule has 1 heterocycles. The topological polar surface area (TPSA) is 88.4 Å². The molecule has 5 atom stereocenters. The van der Waals surface area contributed by atoms with E-state index in [1.54, 1.807) is 0 Å². The van der Waals surface area contributed by atoms with E-state index in [2.05, 4.69) is 0 Å². The lowest BCUT2D eigenvalue weighted by Crippen LogP contribution is -2.60. The van der Waals surface area contributed by atoms with Crippen molar-refractivity contribution in [2.75, 3.05) is 13.7 Å². The fraction of sp³-hybridized carbons (Fsp3) is 1.00. The summed E-state index contributed by atoms with van der Waals surface area (Å²) in [7, 11) is 1.40. The summed E-state index contributed by atoms with van der Waals surface area (Å²) in [4.78, 5) is 0. The maximum absolute atomic E-state index is 9.78. The van der Waals surface area contributed by atoms with Gasteiger partial charge in [0.25, 0.3) is 0 Å². The van der Waals surface area contributed by atoms with E-state index in [0.717, 1.165) is 0 Å². The van der Waals surface area contributed by atoms with Crippen LogP contribution in [0.3, 0.4) is 0 Å². The van der Waals surface area contributed by atoms with Crippen molar-refractivity contribution < 1.29 is 29.5 Å². The van der Waals surface area contributed by atoms with Crippen molar-refractivity contribution in [1.29, 1.82) is 0 Å². The monoisotopic (exact) mass is 236 g/mol. The molecule has 16 heavy (non-hydrogen) atoms. The molecule has 0 aliphatic carbocycles. The Morgan fingerprint density at radius 1 is 1.25 bits per heavy atom. The number of aliphatic hydroxyl groups excluding tert-OH is 3. The van der Waals surface area contributed by atoms with Gasteiger partial charge in [-0.1, -0.05) is 0 Å². The summed E-state index contributed by atoms with van der Waals surface area (Å²) in [5.74, 6) is 0. The summed E-state index contributed by atoms with van der Waals surface area (Å²) in [5, 5.41) is 28.4. The molecule has 1 aliphatic rings. The van der Waals surface area contributed by atoms with E-state index >= 15 is 0 Å². The zero-order valence-corrected chi connectivity index (χ0v) is 9.74. The summed E-state index contributed by atoms with van der Waals surface area (Å²) in [6.07, 6.45) is -4.84. The zero-order valence-electron chi connectivity index (χ0n) is 9.74. The Labute approximate surface area is 94.7 Å². The quantitative estimate of drug-likeness (QED) is 0.572. The third-order valence-electron chi connectivity index (χ3n) is 2.50. The molecule has 0 bridgehead atoms. The normalized spacial score (nSPS) is 40.3. The average molecular weight is 236 g/mol. The van der Waals surface area contributed by atoms with Gasteiger partial charge in [-0.2, -0.15) is 0 Å². The molecular formula is C10H20O6. The molecule has 1 rings (SSSR count). The predicted octanol–water partition coefficient (Wildman–Crippen LogP) is -1.13. The molecule has 0 radical (unpaired) electrons. The number of methoxy groups -OCH3 is 1. The Balaban J connectivity index is 2.73. The Morgan fingerprint density at radius 3 is 2.31 bits per heavy atom. The molecule has 0 amide bonds. The van der Waals surface area contributed by atoms with Gasteiger partial charge in [0.15, 0.2) is 6.29 Å². The largest absolute Gasteiger partial charge is 0.394 e. The van der Waals surface area contributed by atoms with Crippen molar-refractivity contribution in [3.05, 3.63) is 0 Å². The van der Waals surface area contributed by atoms with Gasteiger partial charge in [-0.15, -0.1) is 0 Å². The van der Waals surface area contributed by atoms with Crippen molar-refractivity contribution in [3.63, 3.8) is 0 Å². The van der Waals surface area contributed by atoms with Gasteiger partial charge >= 0.3 is 0 Å². The molecule has 3 N–H and O–H groups in total. The van der Waals surface area contributed by atoms with Gasteiger partial charge in [0.05, 0.1) is 12.7 Å². The number of hydrogen-bond acceptors (Lipinski definition) is 6. The lowest BCUT2D eigenvalue weighted by atomic mass is 9.99. The third kappa shape index (κ3) is 2.91. The Morgan fingerprint density at radius 2 is 1.88 bits per heavy atom. The SMILES string of the molecule is COC1C(OC(C)C)OC(CO)C(O)C1O. The summed E-state index contributed by atoms with van der Waals surface area (Å²) >= 11 is 0. The van der Waals surface area contributed by atoms with E-state index in [9.17, 15) is 10.2 Å². The van der Waals surface area contributed by atoms with E-state index in [0.29, 0.717) is 0 Å². The number of aliphatic hydroxyl groups is 3. The zero-order chi connectivity index (χ0) is 12.3. The maximum Gasteiger partial charge on any atom is 0.187 e. The first-order chi connectivity index (χ1) is 7.51. The van der Waals surface area contributed by atoms with Crippen LogP contribution in [0.25, 0.3) is 0 Å². The molecule has 0 saturated carbocycles. The van der Waals surface area contributed by atoms with E-state index in [4.69, 9.17) is 19.3 Å². The van der Waals surface area contributed by atoms with Gasteiger partial charge in [-0.25, -0.2) is 0 Å². The molecule has 6 heteroatoms. The van der Waals surface area contributed by atoms with E-state index in [1.165, 1.54) is 7.11 Å². The Kier molecular flexibility index (Phi) is 5.10. The first-order valence-corrected chi connectivity index (χ1v) is 5.32. The van der Waals surface area contributed by atoms with Crippen LogP contribution in [-0.2, 0) is 14.2 Å². The fourth-order valence-corrected chi connectivity index (χ4v) is 1.68. The second-order valence-corrected chi connectivity index (χ2v) is 4.09. The van der Waals surface area contributed by atoms with Crippen LogP contribution in [0.15, 0.2) is 0 Å². The molecule has 6 nitrogen and oxygen atoms in total. The first-order valence-electron chi connectivity index (χ1n) is 5.32. The highest BCUT2D eigenvalue weighted by Crippen LogP contribution is 2.24. The van der Waals surface area contributed by atoms with Gasteiger partial charge in [-0.3, -0.25) is 0 Å². The molecule has 5 unspecified atom stereocenters. The summed E-state index contributed by atoms with van der Waals surface area (Å²) in [5.41, 5.74) is 0. The molecule has 0 spiro atoms. The van der Waals surface area contributed by atoms with Crippen LogP contribution in [0.4, 0.5) is 0 Å². The van der Waals surface area contributed by atoms with Gasteiger partial charge in [0, 0.05) is 7.11 Å². The summed E-state index contributed by atoms with van der Waals surface area (Å²) in [6.45, 7) is 3.26. The van der Waals surface area contributed by atoms with Crippen molar-refractivity contribution in [3.8, 4) is 0 Å². The molecule has 0 aromatic rings. The van der Waals surface area contributed by atoms with Crippen LogP contribution in [0.1, 0.15) is 13.8 Å². The Hall–Kier alpha value is -0.240. The minimum atomic E-state index is -1.18. The van der Waals surface area contributed by atoms with Crippen LogP contribution in [0.2, 0.25) is 0 Å². The summed E-state index contributed by atoms with van der Waals surface area (Å²) < 4.78 is 15.8. The van der Waals surface area contributed by atoms with Crippen LogP contribution >= 0.6 is 0 Å². The second kappa shape index (κ2) is 5.90. The molecule has 96 valence electrons. The maximum atomic E-state index is 9.78. The van der Waals surface area contributed by atoms with Crippen LogP contribution in [0, 0.1) is 0 Å². The van der Waals surface area contributed by atoms with E-state index < -0.39 is 30.7 Å². The molecule has 1 aliphatic heterocycles. The van der Waals surface area contributed by atoms with Gasteiger partial charge in [-0.05, 0) is 13.8 Å². The summed E-state index contributed by atoms with van der Waals surface area (Å²) in [6, 6.07) is 0. The average Bonchev–Trinajstić information content (AvgIpc) is 2.23. The lowest BCUT2D eigenvalue weighted by molar-refractivity contribution is -0.313. The highest BCUT2D eigenvalue weighted by molar-refractivity contribution is 4.89. The van der Waals surface area contributed by atoms with Crippen LogP contribution in [0.5, 0.6) is 0 Å². The number of rotatable bonds is 4. The fourth-order valence-electron chi connectivity index (χ4n) is 1.68. The van der Waals surface area contributed by atoms with Crippen LogP contribution < -0.4 is 0 Å². The van der Waals surface area contributed by atoms with Crippen molar-refractivity contribution >= 4 is 0 Å². The number of hydrogen-bond donors (Lipinski definition) is 3. The lowest BCUT2D eigenvalue weighted by Gasteiger charge is -2.41. The van der Waals surface area contributed by atoms with Gasteiger partial charge in [0.2, 0.25) is 0 Å². The second-order valence-electron chi connectivity index (χ2n) is 4.09. The molecule has 1 fully saturated rings. The first kappa shape index (κ1) is 13.8. The highest BCUT2D eigenvalue weighted by Gasteiger charge is 2.45. The third-order valence-corrected chi connectivity index (χ3v) is 2.50. The van der Waals surface area contributed by atoms with Crippen LogP contribution in [-0.4, -0.2) is 65.8 Å². The molecule has 0 aromatic heterocycles.